The number of hydrogen-bond acceptors (Lipinski definition) is 3. The van der Waals surface area contributed by atoms with Gasteiger partial charge in [0.2, 0.25) is 0 Å². The Morgan fingerprint density at radius 2 is 2.31 bits per heavy atom. The number of ether oxygens (including phenoxy) is 1. The molecule has 0 aliphatic rings. The average molecular weight is 181 g/mol. The zero-order valence-electron chi connectivity index (χ0n) is 8.03. The van der Waals surface area contributed by atoms with E-state index in [2.05, 4.69) is 18.8 Å². The number of hydrogen-bond donors (Lipinski definition) is 1. The van der Waals surface area contributed by atoms with E-state index in [1.165, 1.54) is 0 Å². The molecule has 0 aliphatic heterocycles. The molecule has 1 heterocycles. The second kappa shape index (κ2) is 4.82. The molecule has 0 unspecified atom stereocenters. The summed E-state index contributed by atoms with van der Waals surface area (Å²) < 4.78 is 5.47. The first kappa shape index (κ1) is 9.99. The van der Waals surface area contributed by atoms with E-state index in [-0.39, 0.29) is 6.61 Å². The smallest absolute Gasteiger partial charge is 0.143 e. The Labute approximate surface area is 78.4 Å². The van der Waals surface area contributed by atoms with Gasteiger partial charge in [-0.1, -0.05) is 13.8 Å². The fraction of sp³-hybridized carbons (Fsp3) is 0.500. The van der Waals surface area contributed by atoms with Gasteiger partial charge in [0.25, 0.3) is 0 Å². The van der Waals surface area contributed by atoms with Gasteiger partial charge in [0.1, 0.15) is 5.75 Å². The minimum atomic E-state index is -0.00402. The highest BCUT2D eigenvalue weighted by Gasteiger charge is 2.02. The average Bonchev–Trinajstić information content (AvgIpc) is 2.15. The summed E-state index contributed by atoms with van der Waals surface area (Å²) in [4.78, 5) is 3.94. The number of aliphatic hydroxyl groups is 1. The molecule has 1 rings (SSSR count). The monoisotopic (exact) mass is 181 g/mol. The Balaban J connectivity index is 2.64. The highest BCUT2D eigenvalue weighted by atomic mass is 16.5. The van der Waals surface area contributed by atoms with Gasteiger partial charge in [0.15, 0.2) is 0 Å². The third-order valence-electron chi connectivity index (χ3n) is 1.61. The molecule has 0 amide bonds. The molecule has 0 atom stereocenters. The van der Waals surface area contributed by atoms with Crippen molar-refractivity contribution < 1.29 is 9.84 Å². The number of rotatable bonds is 4. The maximum Gasteiger partial charge on any atom is 0.143 e. The van der Waals surface area contributed by atoms with Crippen molar-refractivity contribution in [3.05, 3.63) is 24.0 Å². The summed E-state index contributed by atoms with van der Waals surface area (Å²) in [7, 11) is 0. The third-order valence-corrected chi connectivity index (χ3v) is 1.61. The summed E-state index contributed by atoms with van der Waals surface area (Å²) in [5.41, 5.74) is 0.788. The van der Waals surface area contributed by atoms with E-state index in [0.29, 0.717) is 18.3 Å². The molecule has 13 heavy (non-hydrogen) atoms. The van der Waals surface area contributed by atoms with E-state index in [4.69, 9.17) is 9.84 Å². The van der Waals surface area contributed by atoms with E-state index in [1.807, 2.05) is 0 Å². The zero-order valence-corrected chi connectivity index (χ0v) is 8.03. The minimum absolute atomic E-state index is 0.00402. The van der Waals surface area contributed by atoms with Gasteiger partial charge >= 0.3 is 0 Å². The molecule has 1 N–H and O–H groups in total. The van der Waals surface area contributed by atoms with Crippen LogP contribution in [-0.2, 0) is 6.61 Å². The van der Waals surface area contributed by atoms with Crippen LogP contribution in [0, 0.1) is 5.92 Å². The van der Waals surface area contributed by atoms with Gasteiger partial charge in [-0.3, -0.25) is 4.98 Å². The molecule has 0 aliphatic carbocycles. The number of nitrogens with zero attached hydrogens (tertiary/aromatic N) is 1. The molecule has 0 bridgehead atoms. The largest absolute Gasteiger partial charge is 0.491 e. The zero-order chi connectivity index (χ0) is 9.68. The van der Waals surface area contributed by atoms with Crippen molar-refractivity contribution >= 4 is 0 Å². The second-order valence-corrected chi connectivity index (χ2v) is 3.35. The number of aliphatic hydroxyl groups excluding tert-OH is 1. The lowest BCUT2D eigenvalue weighted by Gasteiger charge is -2.10. The second-order valence-electron chi connectivity index (χ2n) is 3.35. The predicted octanol–water partition coefficient (Wildman–Crippen LogP) is 1.61. The van der Waals surface area contributed by atoms with Crippen LogP contribution in [0.5, 0.6) is 5.75 Å². The van der Waals surface area contributed by atoms with Crippen molar-refractivity contribution in [1.82, 2.24) is 4.98 Å². The molecule has 0 fully saturated rings. The molecule has 0 radical (unpaired) electrons. The first-order valence-electron chi connectivity index (χ1n) is 4.40. The predicted molar refractivity (Wildman–Crippen MR) is 50.5 cm³/mol. The van der Waals surface area contributed by atoms with Crippen LogP contribution in [0.4, 0.5) is 0 Å². The Kier molecular flexibility index (Phi) is 3.71. The normalized spacial score (nSPS) is 10.5. The van der Waals surface area contributed by atoms with Gasteiger partial charge in [-0.25, -0.2) is 0 Å². The molecule has 3 heteroatoms. The maximum atomic E-state index is 8.98. The third kappa shape index (κ3) is 3.03. The summed E-state index contributed by atoms with van der Waals surface area (Å²) in [6, 6.07) is 1.76. The van der Waals surface area contributed by atoms with E-state index >= 15 is 0 Å². The topological polar surface area (TPSA) is 42.4 Å². The summed E-state index contributed by atoms with van der Waals surface area (Å²) in [5, 5.41) is 8.98. The van der Waals surface area contributed by atoms with Crippen LogP contribution in [0.15, 0.2) is 18.5 Å². The van der Waals surface area contributed by atoms with E-state index in [0.717, 1.165) is 5.56 Å². The van der Waals surface area contributed by atoms with Gasteiger partial charge in [0.05, 0.1) is 19.4 Å². The molecule has 72 valence electrons. The lowest BCUT2D eigenvalue weighted by Crippen LogP contribution is -2.06. The van der Waals surface area contributed by atoms with Gasteiger partial charge in [0, 0.05) is 11.8 Å². The Morgan fingerprint density at radius 1 is 1.54 bits per heavy atom. The summed E-state index contributed by atoms with van der Waals surface area (Å²) >= 11 is 0. The molecule has 0 saturated heterocycles. The highest BCUT2D eigenvalue weighted by Crippen LogP contribution is 2.16. The molecule has 0 saturated carbocycles. The molecule has 0 spiro atoms. The fourth-order valence-corrected chi connectivity index (χ4v) is 0.926. The molecular formula is C10H15NO2. The molecule has 1 aromatic rings. The van der Waals surface area contributed by atoms with E-state index in [1.54, 1.807) is 18.5 Å². The van der Waals surface area contributed by atoms with E-state index in [9.17, 15) is 0 Å². The Morgan fingerprint density at radius 3 is 2.92 bits per heavy atom. The standard InChI is InChI=1S/C10H15NO2/c1-8(2)7-13-10-5-11-4-3-9(10)6-12/h3-5,8,12H,6-7H2,1-2H3. The van der Waals surface area contributed by atoms with Crippen LogP contribution >= 0.6 is 0 Å². The minimum Gasteiger partial charge on any atom is -0.491 e. The van der Waals surface area contributed by atoms with Crippen LogP contribution in [-0.4, -0.2) is 16.7 Å². The van der Waals surface area contributed by atoms with Crippen LogP contribution in [0.2, 0.25) is 0 Å². The fourth-order valence-electron chi connectivity index (χ4n) is 0.926. The van der Waals surface area contributed by atoms with Gasteiger partial charge in [-0.05, 0) is 12.0 Å². The molecule has 0 aromatic carbocycles. The van der Waals surface area contributed by atoms with E-state index < -0.39 is 0 Å². The van der Waals surface area contributed by atoms with Crippen LogP contribution < -0.4 is 4.74 Å². The molecular weight excluding hydrogens is 166 g/mol. The molecule has 3 nitrogen and oxygen atoms in total. The quantitative estimate of drug-likeness (QED) is 0.767. The van der Waals surface area contributed by atoms with Crippen molar-refractivity contribution in [3.63, 3.8) is 0 Å². The van der Waals surface area contributed by atoms with Crippen molar-refractivity contribution in [3.8, 4) is 5.75 Å². The first-order chi connectivity index (χ1) is 6.24. The first-order valence-corrected chi connectivity index (χ1v) is 4.40. The SMILES string of the molecule is CC(C)COc1cnccc1CO. The lowest BCUT2D eigenvalue weighted by molar-refractivity contribution is 0.245. The Hall–Kier alpha value is -1.09. The number of aromatic nitrogens is 1. The summed E-state index contributed by atoms with van der Waals surface area (Å²) in [5.74, 6) is 1.16. The van der Waals surface area contributed by atoms with Gasteiger partial charge in [-0.2, -0.15) is 0 Å². The highest BCUT2D eigenvalue weighted by molar-refractivity contribution is 5.28. The summed E-state index contributed by atoms with van der Waals surface area (Å²) in [6.07, 6.45) is 3.28. The lowest BCUT2D eigenvalue weighted by atomic mass is 10.2. The van der Waals surface area contributed by atoms with Gasteiger partial charge < -0.3 is 9.84 Å². The maximum absolute atomic E-state index is 8.98. The summed E-state index contributed by atoms with van der Waals surface area (Å²) in [6.45, 7) is 4.80. The van der Waals surface area contributed by atoms with Crippen molar-refractivity contribution in [2.75, 3.05) is 6.61 Å². The number of pyridine rings is 1. The van der Waals surface area contributed by atoms with Crippen molar-refractivity contribution in [2.45, 2.75) is 20.5 Å². The van der Waals surface area contributed by atoms with Crippen LogP contribution in [0.3, 0.4) is 0 Å². The van der Waals surface area contributed by atoms with Crippen molar-refractivity contribution in [2.24, 2.45) is 5.92 Å². The Bertz CT molecular complexity index is 261. The van der Waals surface area contributed by atoms with Crippen LogP contribution in [0.1, 0.15) is 19.4 Å². The van der Waals surface area contributed by atoms with Crippen LogP contribution in [0.25, 0.3) is 0 Å². The van der Waals surface area contributed by atoms with Gasteiger partial charge in [-0.15, -0.1) is 0 Å². The van der Waals surface area contributed by atoms with Crippen molar-refractivity contribution in [1.29, 1.82) is 0 Å². The molecule has 1 aromatic heterocycles.